The van der Waals surface area contributed by atoms with Gasteiger partial charge in [-0.1, -0.05) is 44.9 Å². The van der Waals surface area contributed by atoms with Gasteiger partial charge in [-0.15, -0.1) is 0 Å². The molecule has 0 fully saturated rings. The van der Waals surface area contributed by atoms with Crippen molar-refractivity contribution in [2.45, 2.75) is 33.2 Å². The quantitative estimate of drug-likeness (QED) is 0.828. The third-order valence-corrected chi connectivity index (χ3v) is 2.82. The summed E-state index contributed by atoms with van der Waals surface area (Å²) in [6, 6.07) is 8.69. The normalized spacial score (nSPS) is 11.9. The average molecular weight is 273 g/mol. The zero-order chi connectivity index (χ0) is 15.2. The predicted molar refractivity (Wildman–Crippen MR) is 77.0 cm³/mol. The summed E-state index contributed by atoms with van der Waals surface area (Å²) in [5, 5.41) is 11.5. The Kier molecular flexibility index (Phi) is 5.33. The van der Waals surface area contributed by atoms with Gasteiger partial charge in [0, 0.05) is 17.5 Å². The Bertz CT molecular complexity index is 532. The third-order valence-electron chi connectivity index (χ3n) is 2.82. The number of hydrogen-bond acceptors (Lipinski definition) is 2. The van der Waals surface area contributed by atoms with Crippen molar-refractivity contribution >= 4 is 11.9 Å². The van der Waals surface area contributed by atoms with Gasteiger partial charge in [0.25, 0.3) is 5.91 Å². The molecule has 2 N–H and O–H groups in total. The molecule has 1 unspecified atom stereocenters. The van der Waals surface area contributed by atoms with Crippen molar-refractivity contribution in [1.82, 2.24) is 5.32 Å². The van der Waals surface area contributed by atoms with E-state index in [0.29, 0.717) is 0 Å². The Balaban J connectivity index is 2.73. The highest BCUT2D eigenvalue weighted by Crippen LogP contribution is 2.21. The van der Waals surface area contributed by atoms with Crippen LogP contribution in [0.1, 0.15) is 32.8 Å². The lowest BCUT2D eigenvalue weighted by atomic mass is 9.85. The van der Waals surface area contributed by atoms with E-state index in [1.54, 1.807) is 12.1 Å². The number of aliphatic carboxylic acids is 1. The number of amides is 1. The van der Waals surface area contributed by atoms with Crippen LogP contribution >= 0.6 is 0 Å². The number of carbonyl (C=O) groups is 2. The van der Waals surface area contributed by atoms with Crippen molar-refractivity contribution in [2.24, 2.45) is 5.41 Å². The fourth-order valence-electron chi connectivity index (χ4n) is 1.59. The number of benzene rings is 1. The van der Waals surface area contributed by atoms with Crippen LogP contribution < -0.4 is 5.32 Å². The maximum atomic E-state index is 11.8. The van der Waals surface area contributed by atoms with E-state index in [1.807, 2.05) is 39.0 Å². The molecule has 1 amide bonds. The Labute approximate surface area is 119 Å². The van der Waals surface area contributed by atoms with Gasteiger partial charge in [0.2, 0.25) is 0 Å². The molecule has 0 aliphatic carbocycles. The first-order valence-corrected chi connectivity index (χ1v) is 6.38. The van der Waals surface area contributed by atoms with Crippen molar-refractivity contribution in [3.63, 3.8) is 0 Å². The summed E-state index contributed by atoms with van der Waals surface area (Å²) < 4.78 is 0. The molecule has 1 atom stereocenters. The number of carbonyl (C=O) groups excluding carboxylic acids is 1. The van der Waals surface area contributed by atoms with Crippen LogP contribution in [-0.2, 0) is 9.59 Å². The molecule has 1 aromatic carbocycles. The first-order chi connectivity index (χ1) is 9.29. The van der Waals surface area contributed by atoms with Gasteiger partial charge in [0.1, 0.15) is 0 Å². The van der Waals surface area contributed by atoms with Crippen molar-refractivity contribution in [3.8, 4) is 11.8 Å². The summed E-state index contributed by atoms with van der Waals surface area (Å²) >= 11 is 0. The van der Waals surface area contributed by atoms with Crippen molar-refractivity contribution in [2.75, 3.05) is 0 Å². The molecular weight excluding hydrogens is 254 g/mol. The van der Waals surface area contributed by atoms with E-state index >= 15 is 0 Å². The van der Waals surface area contributed by atoms with E-state index in [0.717, 1.165) is 5.56 Å². The second kappa shape index (κ2) is 6.76. The predicted octanol–water partition coefficient (Wildman–Crippen LogP) is 2.04. The molecule has 0 bridgehead atoms. The number of carboxylic acid groups (broad SMARTS) is 1. The molecule has 1 aromatic rings. The minimum absolute atomic E-state index is 0.123. The van der Waals surface area contributed by atoms with Crippen molar-refractivity contribution in [3.05, 3.63) is 35.9 Å². The van der Waals surface area contributed by atoms with Gasteiger partial charge in [-0.05, 0) is 17.5 Å². The first-order valence-electron chi connectivity index (χ1n) is 6.38. The molecule has 0 aliphatic heterocycles. The maximum absolute atomic E-state index is 11.8. The lowest BCUT2D eigenvalue weighted by Gasteiger charge is -2.29. The van der Waals surface area contributed by atoms with Gasteiger partial charge in [-0.2, -0.15) is 0 Å². The van der Waals surface area contributed by atoms with Crippen LogP contribution in [0, 0.1) is 17.3 Å². The molecule has 0 aromatic heterocycles. The fourth-order valence-corrected chi connectivity index (χ4v) is 1.59. The second-order valence-electron chi connectivity index (χ2n) is 5.61. The Morgan fingerprint density at radius 3 is 2.35 bits per heavy atom. The first kappa shape index (κ1) is 15.8. The van der Waals surface area contributed by atoms with Gasteiger partial charge in [-0.25, -0.2) is 0 Å². The second-order valence-corrected chi connectivity index (χ2v) is 5.61. The van der Waals surface area contributed by atoms with Gasteiger partial charge < -0.3 is 10.4 Å². The molecule has 0 saturated carbocycles. The van der Waals surface area contributed by atoms with Crippen molar-refractivity contribution < 1.29 is 14.7 Å². The van der Waals surface area contributed by atoms with E-state index in [9.17, 15) is 9.59 Å². The molecule has 0 aliphatic rings. The zero-order valence-corrected chi connectivity index (χ0v) is 11.9. The third kappa shape index (κ3) is 5.57. The molecule has 4 nitrogen and oxygen atoms in total. The molecule has 0 saturated heterocycles. The SMILES string of the molecule is CC(C)(C)C(CC(=O)O)NC(=O)C#Cc1ccccc1. The van der Waals surface area contributed by atoms with Crippen LogP contribution in [0.25, 0.3) is 0 Å². The smallest absolute Gasteiger partial charge is 0.305 e. The summed E-state index contributed by atoms with van der Waals surface area (Å²) in [5.41, 5.74) is 0.399. The lowest BCUT2D eigenvalue weighted by Crippen LogP contribution is -2.44. The molecule has 20 heavy (non-hydrogen) atoms. The van der Waals surface area contributed by atoms with Crippen molar-refractivity contribution in [1.29, 1.82) is 0 Å². The van der Waals surface area contributed by atoms with Gasteiger partial charge in [-0.3, -0.25) is 9.59 Å². The maximum Gasteiger partial charge on any atom is 0.305 e. The highest BCUT2D eigenvalue weighted by molar-refractivity contribution is 5.94. The number of carboxylic acids is 1. The number of nitrogens with one attached hydrogen (secondary N) is 1. The minimum Gasteiger partial charge on any atom is -0.481 e. The monoisotopic (exact) mass is 273 g/mol. The van der Waals surface area contributed by atoms with Gasteiger partial charge >= 0.3 is 5.97 Å². The largest absolute Gasteiger partial charge is 0.481 e. The lowest BCUT2D eigenvalue weighted by molar-refractivity contribution is -0.138. The van der Waals surface area contributed by atoms with Crippen LogP contribution in [-0.4, -0.2) is 23.0 Å². The summed E-state index contributed by atoms with van der Waals surface area (Å²) in [6.45, 7) is 5.64. The summed E-state index contributed by atoms with van der Waals surface area (Å²) in [7, 11) is 0. The molecule has 1 rings (SSSR count). The fraction of sp³-hybridized carbons (Fsp3) is 0.375. The standard InChI is InChI=1S/C16H19NO3/c1-16(2,3)13(11-15(19)20)17-14(18)10-9-12-7-5-4-6-8-12/h4-8,13H,11H2,1-3H3,(H,17,18)(H,19,20). The summed E-state index contributed by atoms with van der Waals surface area (Å²) in [5.74, 6) is 3.82. The summed E-state index contributed by atoms with van der Waals surface area (Å²) in [6.07, 6.45) is -0.123. The molecule has 4 heteroatoms. The Morgan fingerprint density at radius 1 is 1.25 bits per heavy atom. The van der Waals surface area contributed by atoms with E-state index < -0.39 is 17.9 Å². The topological polar surface area (TPSA) is 66.4 Å². The molecule has 0 spiro atoms. The Hall–Kier alpha value is -2.28. The van der Waals surface area contributed by atoms with Crippen LogP contribution in [0.15, 0.2) is 30.3 Å². The van der Waals surface area contributed by atoms with Crippen LogP contribution in [0.3, 0.4) is 0 Å². The summed E-state index contributed by atoms with van der Waals surface area (Å²) in [4.78, 5) is 22.6. The molecule has 0 heterocycles. The zero-order valence-electron chi connectivity index (χ0n) is 11.9. The number of hydrogen-bond donors (Lipinski definition) is 2. The molecular formula is C16H19NO3. The van der Waals surface area contributed by atoms with E-state index in [4.69, 9.17) is 5.11 Å². The number of rotatable bonds is 3. The van der Waals surface area contributed by atoms with Gasteiger partial charge in [0.15, 0.2) is 0 Å². The van der Waals surface area contributed by atoms with Crippen LogP contribution in [0.5, 0.6) is 0 Å². The highest BCUT2D eigenvalue weighted by Gasteiger charge is 2.27. The molecule has 106 valence electrons. The molecule has 0 radical (unpaired) electrons. The Morgan fingerprint density at radius 2 is 1.85 bits per heavy atom. The van der Waals surface area contributed by atoms with Gasteiger partial charge in [0.05, 0.1) is 6.42 Å². The minimum atomic E-state index is -0.943. The van der Waals surface area contributed by atoms with E-state index in [1.165, 1.54) is 0 Å². The van der Waals surface area contributed by atoms with Crippen LogP contribution in [0.4, 0.5) is 0 Å². The highest BCUT2D eigenvalue weighted by atomic mass is 16.4. The van der Waals surface area contributed by atoms with Crippen LogP contribution in [0.2, 0.25) is 0 Å². The van der Waals surface area contributed by atoms with E-state index in [-0.39, 0.29) is 11.8 Å². The van der Waals surface area contributed by atoms with E-state index in [2.05, 4.69) is 17.2 Å². The average Bonchev–Trinajstić information content (AvgIpc) is 2.35.